The van der Waals surface area contributed by atoms with Crippen LogP contribution in [-0.2, 0) is 13.0 Å². The molecule has 144 valence electrons. The molecule has 0 spiro atoms. The molecule has 26 heavy (non-hydrogen) atoms. The number of hydrogen-bond donors (Lipinski definition) is 1. The minimum absolute atomic E-state index is 0.00437. The Labute approximate surface area is 193 Å². The van der Waals surface area contributed by atoms with E-state index in [0.717, 1.165) is 24.7 Å². The summed E-state index contributed by atoms with van der Waals surface area (Å²) in [4.78, 5) is 8.04. The number of halogens is 3. The lowest BCUT2D eigenvalue weighted by atomic mass is 10.2. The van der Waals surface area contributed by atoms with Crippen LogP contribution < -0.4 is 9.47 Å². The molecule has 0 aliphatic rings. The summed E-state index contributed by atoms with van der Waals surface area (Å²) in [6.45, 7) is 2.09. The summed E-state index contributed by atoms with van der Waals surface area (Å²) >= 11 is 10.0. The highest BCUT2D eigenvalue weighted by Crippen LogP contribution is 2.23. The number of aromatic nitrogens is 2. The van der Waals surface area contributed by atoms with Crippen molar-refractivity contribution in [1.82, 2.24) is 9.97 Å². The van der Waals surface area contributed by atoms with Crippen LogP contribution in [0.2, 0.25) is 0 Å². The lowest BCUT2D eigenvalue weighted by Gasteiger charge is -2.02. The first-order valence-corrected chi connectivity index (χ1v) is 11.5. The van der Waals surface area contributed by atoms with Gasteiger partial charge in [0, 0.05) is 16.2 Å². The molecule has 2 rings (SSSR count). The van der Waals surface area contributed by atoms with E-state index in [1.807, 2.05) is 12.3 Å². The highest BCUT2D eigenvalue weighted by Gasteiger charge is 2.01. The zero-order chi connectivity index (χ0) is 21.5. The van der Waals surface area contributed by atoms with Crippen molar-refractivity contribution >= 4 is 73.1 Å². The molecule has 0 fully saturated rings. The maximum Gasteiger partial charge on any atom is 0.227 e. The lowest BCUT2D eigenvalue weighted by Crippen LogP contribution is -1.91. The number of alkyl halides is 1. The van der Waals surface area contributed by atoms with Gasteiger partial charge in [-0.3, -0.25) is 0 Å². The van der Waals surface area contributed by atoms with Gasteiger partial charge < -0.3 is 14.6 Å². The molecule has 0 saturated carbocycles. The highest BCUT2D eigenvalue weighted by molar-refractivity contribution is 14.1. The molecule has 0 amide bonds. The molecule has 0 unspecified atom stereocenters. The Kier molecular flexibility index (Phi) is 13.7. The van der Waals surface area contributed by atoms with E-state index in [4.69, 9.17) is 17.3 Å². The Bertz CT molecular complexity index is 655. The zero-order valence-electron chi connectivity index (χ0n) is 16.7. The Balaban J connectivity index is 0.000000411. The summed E-state index contributed by atoms with van der Waals surface area (Å²) in [5, 5.41) is 8.72. The zero-order valence-corrected chi connectivity index (χ0v) is 20.9. The quantitative estimate of drug-likeness (QED) is 0.293. The fourth-order valence-electron chi connectivity index (χ4n) is 1.51. The average molecular weight is 623 g/mol. The fraction of sp³-hybridized carbons (Fsp3) is 0.375. The van der Waals surface area contributed by atoms with E-state index in [1.54, 1.807) is 26.5 Å². The smallest absolute Gasteiger partial charge is 0.227 e. The van der Waals surface area contributed by atoms with Crippen LogP contribution in [0.1, 0.15) is 18.1 Å². The molecular formula is C16H22BBr2IN2O3S. The molecule has 0 saturated heterocycles. The van der Waals surface area contributed by atoms with Gasteiger partial charge in [-0.1, -0.05) is 29.5 Å². The molecule has 1 N–H and O–H groups in total. The van der Waals surface area contributed by atoms with E-state index >= 15 is 0 Å². The monoisotopic (exact) mass is 621 g/mol. The number of hydrogen-bond acceptors (Lipinski definition) is 6. The van der Waals surface area contributed by atoms with Crippen LogP contribution >= 0.6 is 66.1 Å². The maximum absolute atomic E-state index is 8.72. The van der Waals surface area contributed by atoms with Crippen LogP contribution in [0.15, 0.2) is 33.5 Å². The summed E-state index contributed by atoms with van der Waals surface area (Å²) in [7, 11) is 2.46. The van der Waals surface area contributed by atoms with E-state index < -0.39 is 7.05 Å². The number of aliphatic hydroxyl groups is 1. The molecule has 2 aromatic rings. The van der Waals surface area contributed by atoms with Crippen LogP contribution in [0.5, 0.6) is 11.8 Å². The van der Waals surface area contributed by atoms with Crippen LogP contribution in [0.25, 0.3) is 0 Å². The Morgan fingerprint density at radius 3 is 2.04 bits per heavy atom. The number of ether oxygens (including phenoxy) is 2. The van der Waals surface area contributed by atoms with Crippen molar-refractivity contribution in [2.45, 2.75) is 20.0 Å². The predicted octanol–water partition coefficient (Wildman–Crippen LogP) is 4.42. The number of nitrogens with zero attached hydrogens (tertiary/aromatic N) is 2. The van der Waals surface area contributed by atoms with Crippen molar-refractivity contribution in [2.75, 3.05) is 18.0 Å². The fourth-order valence-corrected chi connectivity index (χ4v) is 2.63. The van der Waals surface area contributed by atoms with Crippen molar-refractivity contribution < 1.29 is 14.6 Å². The number of rotatable bonds is 6. The van der Waals surface area contributed by atoms with Crippen LogP contribution in [0, 0.1) is 0 Å². The minimum atomic E-state index is -0.693. The molecule has 0 aliphatic carbocycles. The van der Waals surface area contributed by atoms with Gasteiger partial charge in [0.15, 0.2) is 7.05 Å². The molecule has 0 aliphatic heterocycles. The van der Waals surface area contributed by atoms with E-state index in [9.17, 15) is 0 Å². The number of methoxy groups -OCH3 is 2. The average Bonchev–Trinajstić information content (AvgIpc) is 2.68. The van der Waals surface area contributed by atoms with Gasteiger partial charge in [-0.25, -0.2) is 21.6 Å². The van der Waals surface area contributed by atoms with Crippen LogP contribution in [-0.4, -0.2) is 42.8 Å². The van der Waals surface area contributed by atoms with Gasteiger partial charge in [-0.15, -0.1) is 0 Å². The molecule has 5 nitrogen and oxygen atoms in total. The molecule has 2 heterocycles. The second-order valence-corrected chi connectivity index (χ2v) is 8.59. The third kappa shape index (κ3) is 10.3. The van der Waals surface area contributed by atoms with Gasteiger partial charge in [0.1, 0.15) is 0 Å². The van der Waals surface area contributed by atoms with E-state index in [-0.39, 0.29) is 6.61 Å². The second-order valence-electron chi connectivity index (χ2n) is 4.46. The van der Waals surface area contributed by atoms with Crippen LogP contribution in [0.4, 0.5) is 0 Å². The van der Waals surface area contributed by atoms with E-state index in [1.165, 1.54) is 17.2 Å². The molecule has 2 aromatic heterocycles. The van der Waals surface area contributed by atoms with E-state index in [0.29, 0.717) is 11.8 Å². The predicted molar refractivity (Wildman–Crippen MR) is 127 cm³/mol. The van der Waals surface area contributed by atoms with Crippen molar-refractivity contribution in [1.29, 1.82) is 2.67 Å². The van der Waals surface area contributed by atoms with Crippen molar-refractivity contribution in [3.8, 4) is 11.8 Å². The second kappa shape index (κ2) is 16.0. The minimum Gasteiger partial charge on any atom is -0.480 e. The van der Waals surface area contributed by atoms with Gasteiger partial charge in [0.25, 0.3) is 0 Å². The molecule has 0 aromatic carbocycles. The van der Waals surface area contributed by atoms with Gasteiger partial charge >= 0.3 is 0 Å². The Morgan fingerprint density at radius 2 is 1.73 bits per heavy atom. The highest BCUT2D eigenvalue weighted by atomic mass is 127. The molecule has 10 heteroatoms. The summed E-state index contributed by atoms with van der Waals surface area (Å²) in [6, 6.07) is 3.79. The van der Waals surface area contributed by atoms with Crippen molar-refractivity contribution in [3.63, 3.8) is 0 Å². The molecule has 0 radical (unpaired) electrons. The molecule has 0 atom stereocenters. The number of pyridine rings is 2. The number of aryl methyl sites for hydroxylation is 1. The standard InChI is InChI=1S/C8H10BrNO.C7H8BrNO2.CH4BIS/c1-3-6-4-7(9)8(11-2)10-5-6;1-11-7-6(8)2-5(4-10)3-9-7;2-4-1-3/h4-5H,3H2,1-2H3;2-3,10H,4H2,1H3;1-2H2/i;;2TD. The maximum atomic E-state index is 8.72. The van der Waals surface area contributed by atoms with Gasteiger partial charge in [-0.2, -0.15) is 0 Å². The first kappa shape index (κ1) is 22.3. The Morgan fingerprint density at radius 1 is 1.23 bits per heavy atom. The third-order valence-electron chi connectivity index (χ3n) is 2.77. The number of aliphatic hydroxyl groups excluding tert-OH is 1. The van der Waals surface area contributed by atoms with Gasteiger partial charge in [0.2, 0.25) is 11.8 Å². The third-order valence-corrected chi connectivity index (χ3v) is 5.11. The largest absolute Gasteiger partial charge is 0.480 e. The first-order chi connectivity index (χ1) is 13.3. The Hall–Kier alpha value is -0.0351. The van der Waals surface area contributed by atoms with Gasteiger partial charge in [-0.05, 0) is 64.2 Å². The first-order valence-electron chi connectivity index (χ1n) is 8.48. The summed E-state index contributed by atoms with van der Waals surface area (Å²) in [6.07, 6.45) is 4.39. The summed E-state index contributed by atoms with van der Waals surface area (Å²) in [5.74, 6) is 1.17. The molecule has 0 bridgehead atoms. The lowest BCUT2D eigenvalue weighted by molar-refractivity contribution is 0.280. The van der Waals surface area contributed by atoms with Crippen LogP contribution in [0.3, 0.4) is 0 Å². The van der Waals surface area contributed by atoms with E-state index in [2.05, 4.69) is 71.3 Å². The normalized spacial score (nSPS) is 10.3. The van der Waals surface area contributed by atoms with Crippen molar-refractivity contribution in [2.24, 2.45) is 0 Å². The van der Waals surface area contributed by atoms with Gasteiger partial charge in [0.05, 0.1) is 29.8 Å². The van der Waals surface area contributed by atoms with Crippen molar-refractivity contribution in [3.05, 3.63) is 44.6 Å². The summed E-state index contributed by atoms with van der Waals surface area (Å²) in [5.41, 5.74) is 1.97. The molecular weight excluding hydrogens is 598 g/mol. The summed E-state index contributed by atoms with van der Waals surface area (Å²) < 4.78 is 25.6. The SMILES string of the molecule is CCc1cnc(OC)c(Br)c1.COc1ncc(CO)cc1Br.[2H]B([3H])SCI. The topological polar surface area (TPSA) is 64.5 Å².